The topological polar surface area (TPSA) is 78.9 Å². The summed E-state index contributed by atoms with van der Waals surface area (Å²) in [7, 11) is 1.54. The standard InChI is InChI=1S/C15H20N2O4/c1-3-9-17(10-11-21-2)15(20)16-13(14(18)19)12-7-5-4-6-8-12/h3-8,13H,1,9-11H2,2H3,(H,16,20)(H,18,19)/t13-/m1/s1. The molecule has 6 nitrogen and oxygen atoms in total. The largest absolute Gasteiger partial charge is 0.479 e. The average molecular weight is 292 g/mol. The summed E-state index contributed by atoms with van der Waals surface area (Å²) in [4.78, 5) is 25.0. The molecule has 0 fully saturated rings. The monoisotopic (exact) mass is 292 g/mol. The van der Waals surface area contributed by atoms with E-state index in [1.807, 2.05) is 0 Å². The van der Waals surface area contributed by atoms with Gasteiger partial charge in [0.2, 0.25) is 0 Å². The molecule has 0 heterocycles. The van der Waals surface area contributed by atoms with Gasteiger partial charge in [-0.1, -0.05) is 36.4 Å². The van der Waals surface area contributed by atoms with Crippen LogP contribution in [0.1, 0.15) is 11.6 Å². The second-order valence-corrected chi connectivity index (χ2v) is 4.36. The second-order valence-electron chi connectivity index (χ2n) is 4.36. The van der Waals surface area contributed by atoms with E-state index in [1.54, 1.807) is 36.4 Å². The van der Waals surface area contributed by atoms with Crippen molar-refractivity contribution in [3.8, 4) is 0 Å². The van der Waals surface area contributed by atoms with Crippen molar-refractivity contribution in [1.29, 1.82) is 0 Å². The molecule has 2 amide bonds. The Balaban J connectivity index is 2.79. The lowest BCUT2D eigenvalue weighted by Gasteiger charge is -2.24. The number of hydrogen-bond donors (Lipinski definition) is 2. The zero-order valence-electron chi connectivity index (χ0n) is 12.0. The number of rotatable bonds is 8. The fourth-order valence-corrected chi connectivity index (χ4v) is 1.78. The molecule has 1 rings (SSSR count). The fourth-order valence-electron chi connectivity index (χ4n) is 1.78. The van der Waals surface area contributed by atoms with E-state index in [2.05, 4.69) is 11.9 Å². The summed E-state index contributed by atoms with van der Waals surface area (Å²) in [6.45, 7) is 4.62. The zero-order chi connectivity index (χ0) is 15.7. The maximum absolute atomic E-state index is 12.2. The Labute approximate surface area is 124 Å². The first-order chi connectivity index (χ1) is 10.1. The number of carbonyl (C=O) groups is 2. The zero-order valence-corrected chi connectivity index (χ0v) is 12.0. The summed E-state index contributed by atoms with van der Waals surface area (Å²) in [5.41, 5.74) is 0.517. The minimum absolute atomic E-state index is 0.316. The quantitative estimate of drug-likeness (QED) is 0.714. The number of hydrogen-bond acceptors (Lipinski definition) is 3. The van der Waals surface area contributed by atoms with Crippen LogP contribution in [0.3, 0.4) is 0 Å². The second kappa shape index (κ2) is 8.76. The Kier molecular flexibility index (Phi) is 6.97. The van der Waals surface area contributed by atoms with E-state index in [-0.39, 0.29) is 0 Å². The highest BCUT2D eigenvalue weighted by Crippen LogP contribution is 2.13. The summed E-state index contributed by atoms with van der Waals surface area (Å²) in [6, 6.07) is 7.00. The summed E-state index contributed by atoms with van der Waals surface area (Å²) in [6.07, 6.45) is 1.58. The van der Waals surface area contributed by atoms with Crippen molar-refractivity contribution in [2.75, 3.05) is 26.8 Å². The molecule has 1 aromatic rings. The lowest BCUT2D eigenvalue weighted by molar-refractivity contribution is -0.139. The van der Waals surface area contributed by atoms with Crippen LogP contribution in [0.5, 0.6) is 0 Å². The molecule has 0 saturated carbocycles. The molecule has 0 aromatic heterocycles. The molecule has 21 heavy (non-hydrogen) atoms. The van der Waals surface area contributed by atoms with Gasteiger partial charge in [-0.15, -0.1) is 6.58 Å². The van der Waals surface area contributed by atoms with Crippen LogP contribution in [0.15, 0.2) is 43.0 Å². The summed E-state index contributed by atoms with van der Waals surface area (Å²) in [5, 5.41) is 11.8. The average Bonchev–Trinajstić information content (AvgIpc) is 2.49. The number of amides is 2. The third-order valence-corrected chi connectivity index (χ3v) is 2.85. The van der Waals surface area contributed by atoms with Gasteiger partial charge in [-0.25, -0.2) is 9.59 Å². The van der Waals surface area contributed by atoms with Gasteiger partial charge in [0.15, 0.2) is 6.04 Å². The number of nitrogens with one attached hydrogen (secondary N) is 1. The minimum atomic E-state index is -1.11. The molecule has 114 valence electrons. The number of carbonyl (C=O) groups excluding carboxylic acids is 1. The van der Waals surface area contributed by atoms with Crippen LogP contribution in [-0.4, -0.2) is 48.8 Å². The molecular formula is C15H20N2O4. The molecular weight excluding hydrogens is 272 g/mol. The van der Waals surface area contributed by atoms with E-state index < -0.39 is 18.0 Å². The van der Waals surface area contributed by atoms with E-state index in [1.165, 1.54) is 12.0 Å². The van der Waals surface area contributed by atoms with E-state index in [4.69, 9.17) is 4.74 Å². The van der Waals surface area contributed by atoms with Crippen molar-refractivity contribution < 1.29 is 19.4 Å². The van der Waals surface area contributed by atoms with Crippen molar-refractivity contribution in [2.24, 2.45) is 0 Å². The molecule has 0 aliphatic rings. The van der Waals surface area contributed by atoms with Crippen molar-refractivity contribution >= 4 is 12.0 Å². The smallest absolute Gasteiger partial charge is 0.330 e. The molecule has 0 saturated heterocycles. The first-order valence-corrected chi connectivity index (χ1v) is 6.53. The molecule has 0 radical (unpaired) electrons. The Morgan fingerprint density at radius 2 is 2.10 bits per heavy atom. The summed E-state index contributed by atoms with van der Waals surface area (Å²) in [5.74, 6) is -1.11. The number of urea groups is 1. The molecule has 1 atom stereocenters. The predicted octanol–water partition coefficient (Wildman–Crippen LogP) is 1.66. The molecule has 2 N–H and O–H groups in total. The number of benzene rings is 1. The highest BCUT2D eigenvalue weighted by molar-refractivity contribution is 5.83. The highest BCUT2D eigenvalue weighted by atomic mass is 16.5. The lowest BCUT2D eigenvalue weighted by Crippen LogP contribution is -2.45. The fraction of sp³-hybridized carbons (Fsp3) is 0.333. The van der Waals surface area contributed by atoms with Gasteiger partial charge in [-0.2, -0.15) is 0 Å². The van der Waals surface area contributed by atoms with Crippen LogP contribution < -0.4 is 5.32 Å². The highest BCUT2D eigenvalue weighted by Gasteiger charge is 2.24. The number of carboxylic acids is 1. The SMILES string of the molecule is C=CCN(CCOC)C(=O)N[C@@H](C(=O)O)c1ccccc1. The van der Waals surface area contributed by atoms with Gasteiger partial charge < -0.3 is 20.1 Å². The maximum atomic E-state index is 12.2. The number of nitrogens with zero attached hydrogens (tertiary/aromatic N) is 1. The van der Waals surface area contributed by atoms with Crippen molar-refractivity contribution in [1.82, 2.24) is 10.2 Å². The number of ether oxygens (including phenoxy) is 1. The Hall–Kier alpha value is -2.34. The van der Waals surface area contributed by atoms with Crippen molar-refractivity contribution in [3.63, 3.8) is 0 Å². The van der Waals surface area contributed by atoms with E-state index in [9.17, 15) is 14.7 Å². The summed E-state index contributed by atoms with van der Waals surface area (Å²) < 4.78 is 4.93. The van der Waals surface area contributed by atoms with Gasteiger partial charge in [-0.05, 0) is 5.56 Å². The van der Waals surface area contributed by atoms with Crippen LogP contribution in [0.2, 0.25) is 0 Å². The van der Waals surface area contributed by atoms with Crippen LogP contribution in [0, 0.1) is 0 Å². The van der Waals surface area contributed by atoms with Gasteiger partial charge in [0.05, 0.1) is 6.61 Å². The van der Waals surface area contributed by atoms with Crippen molar-refractivity contribution in [2.45, 2.75) is 6.04 Å². The van der Waals surface area contributed by atoms with Gasteiger partial charge in [0.25, 0.3) is 0 Å². The molecule has 0 aliphatic heterocycles. The number of methoxy groups -OCH3 is 1. The van der Waals surface area contributed by atoms with Crippen LogP contribution in [0.25, 0.3) is 0 Å². The van der Waals surface area contributed by atoms with Crippen molar-refractivity contribution in [3.05, 3.63) is 48.6 Å². The third kappa shape index (κ3) is 5.27. The van der Waals surface area contributed by atoms with Gasteiger partial charge in [0.1, 0.15) is 0 Å². The van der Waals surface area contributed by atoms with Gasteiger partial charge in [0, 0.05) is 20.2 Å². The summed E-state index contributed by atoms with van der Waals surface area (Å²) >= 11 is 0. The minimum Gasteiger partial charge on any atom is -0.479 e. The maximum Gasteiger partial charge on any atom is 0.330 e. The number of carboxylic acid groups (broad SMARTS) is 1. The number of aliphatic carboxylic acids is 1. The predicted molar refractivity (Wildman–Crippen MR) is 79.0 cm³/mol. The van der Waals surface area contributed by atoms with Crippen LogP contribution in [0.4, 0.5) is 4.79 Å². The molecule has 6 heteroatoms. The van der Waals surface area contributed by atoms with Gasteiger partial charge in [-0.3, -0.25) is 0 Å². The molecule has 0 unspecified atom stereocenters. The Morgan fingerprint density at radius 3 is 2.62 bits per heavy atom. The Morgan fingerprint density at radius 1 is 1.43 bits per heavy atom. The third-order valence-electron chi connectivity index (χ3n) is 2.85. The lowest BCUT2D eigenvalue weighted by atomic mass is 10.1. The Bertz CT molecular complexity index is 476. The van der Waals surface area contributed by atoms with E-state index in [0.717, 1.165) is 0 Å². The van der Waals surface area contributed by atoms with Gasteiger partial charge >= 0.3 is 12.0 Å². The normalized spacial score (nSPS) is 11.5. The molecule has 1 aromatic carbocycles. The van der Waals surface area contributed by atoms with E-state index >= 15 is 0 Å². The van der Waals surface area contributed by atoms with Crippen LogP contribution in [-0.2, 0) is 9.53 Å². The van der Waals surface area contributed by atoms with Crippen LogP contribution >= 0.6 is 0 Å². The first kappa shape index (κ1) is 16.7. The van der Waals surface area contributed by atoms with E-state index in [0.29, 0.717) is 25.3 Å². The molecule has 0 aliphatic carbocycles. The molecule has 0 spiro atoms. The molecule has 0 bridgehead atoms. The first-order valence-electron chi connectivity index (χ1n) is 6.53.